The zero-order valence-corrected chi connectivity index (χ0v) is 13.7. The molecule has 0 radical (unpaired) electrons. The maximum absolute atomic E-state index is 13.9. The van der Waals surface area contributed by atoms with E-state index in [0.29, 0.717) is 4.47 Å². The van der Waals surface area contributed by atoms with Crippen molar-refractivity contribution in [2.45, 2.75) is 39.3 Å². The third kappa shape index (κ3) is 4.16. The van der Waals surface area contributed by atoms with Crippen LogP contribution >= 0.6 is 15.9 Å². The Balaban J connectivity index is 3.01. The Hall–Kier alpha value is -1.17. The molecule has 1 aromatic rings. The number of ether oxygens (including phenoxy) is 1. The molecule has 0 saturated carbocycles. The normalized spacial score (nSPS) is 13.0. The molecule has 0 heterocycles. The Labute approximate surface area is 126 Å². The Bertz CT molecular complexity index is 491. The van der Waals surface area contributed by atoms with Gasteiger partial charge in [-0.05, 0) is 39.8 Å². The van der Waals surface area contributed by atoms with E-state index in [1.807, 2.05) is 0 Å². The predicted molar refractivity (Wildman–Crippen MR) is 76.5 cm³/mol. The largest absolute Gasteiger partial charge is 0.444 e. The molecule has 1 atom stereocenters. The number of carbonyl (C=O) groups excluding carboxylic acids is 1. The molecule has 0 aromatic heterocycles. The van der Waals surface area contributed by atoms with Crippen LogP contribution in [0.4, 0.5) is 13.6 Å². The van der Waals surface area contributed by atoms with Crippen molar-refractivity contribution >= 4 is 22.0 Å². The third-order valence-electron chi connectivity index (χ3n) is 2.72. The van der Waals surface area contributed by atoms with Crippen molar-refractivity contribution < 1.29 is 18.3 Å². The van der Waals surface area contributed by atoms with Crippen LogP contribution in [0.1, 0.15) is 39.3 Å². The first-order chi connectivity index (χ1) is 9.03. The number of hydrogen-bond donors (Lipinski definition) is 0. The van der Waals surface area contributed by atoms with Gasteiger partial charge in [0.2, 0.25) is 0 Å². The van der Waals surface area contributed by atoms with Crippen molar-refractivity contribution in [3.05, 3.63) is 33.8 Å². The standard InChI is InChI=1S/C14H18BrF2NO2/c1-8(18(5)13(19)20-14(2,3)4)12-10(16)6-9(15)7-11(12)17/h6-8H,1-5H3. The van der Waals surface area contributed by atoms with E-state index in [9.17, 15) is 13.6 Å². The first kappa shape index (κ1) is 16.9. The van der Waals surface area contributed by atoms with Gasteiger partial charge in [-0.25, -0.2) is 13.6 Å². The number of carbonyl (C=O) groups is 1. The molecular formula is C14H18BrF2NO2. The minimum Gasteiger partial charge on any atom is -0.444 e. The van der Waals surface area contributed by atoms with Crippen molar-refractivity contribution in [3.63, 3.8) is 0 Å². The van der Waals surface area contributed by atoms with Gasteiger partial charge in [-0.1, -0.05) is 15.9 Å². The number of benzene rings is 1. The summed E-state index contributed by atoms with van der Waals surface area (Å²) in [4.78, 5) is 13.1. The van der Waals surface area contributed by atoms with Crippen LogP contribution in [0, 0.1) is 11.6 Å². The Morgan fingerprint density at radius 3 is 2.15 bits per heavy atom. The van der Waals surface area contributed by atoms with E-state index >= 15 is 0 Å². The number of nitrogens with zero attached hydrogens (tertiary/aromatic N) is 1. The molecule has 0 aliphatic rings. The number of amides is 1. The Kier molecular flexibility index (Phi) is 5.13. The molecule has 0 spiro atoms. The first-order valence-corrected chi connectivity index (χ1v) is 6.92. The van der Waals surface area contributed by atoms with Crippen LogP contribution in [0.15, 0.2) is 16.6 Å². The molecular weight excluding hydrogens is 332 g/mol. The highest BCUT2D eigenvalue weighted by Crippen LogP contribution is 2.28. The van der Waals surface area contributed by atoms with Crippen molar-refractivity contribution in [1.82, 2.24) is 4.90 Å². The molecule has 0 fully saturated rings. The smallest absolute Gasteiger partial charge is 0.410 e. The molecule has 112 valence electrons. The van der Waals surface area contributed by atoms with Crippen LogP contribution in [-0.2, 0) is 4.74 Å². The molecule has 0 aliphatic heterocycles. The summed E-state index contributed by atoms with van der Waals surface area (Å²) in [5.74, 6) is -1.42. The van der Waals surface area contributed by atoms with E-state index in [1.165, 1.54) is 11.9 Å². The van der Waals surface area contributed by atoms with Crippen LogP contribution < -0.4 is 0 Å². The highest BCUT2D eigenvalue weighted by Gasteiger charge is 2.27. The van der Waals surface area contributed by atoms with Gasteiger partial charge in [0.05, 0.1) is 6.04 Å². The maximum Gasteiger partial charge on any atom is 0.410 e. The topological polar surface area (TPSA) is 29.5 Å². The number of halogens is 3. The van der Waals surface area contributed by atoms with Gasteiger partial charge in [0.25, 0.3) is 0 Å². The van der Waals surface area contributed by atoms with Gasteiger partial charge in [-0.3, -0.25) is 0 Å². The second kappa shape index (κ2) is 6.08. The number of hydrogen-bond acceptors (Lipinski definition) is 2. The molecule has 3 nitrogen and oxygen atoms in total. The van der Waals surface area contributed by atoms with Gasteiger partial charge in [-0.2, -0.15) is 0 Å². The predicted octanol–water partition coefficient (Wildman–Crippen LogP) is 4.66. The fourth-order valence-electron chi connectivity index (χ4n) is 1.64. The van der Waals surface area contributed by atoms with Gasteiger partial charge < -0.3 is 9.64 Å². The molecule has 1 amide bonds. The van der Waals surface area contributed by atoms with E-state index in [1.54, 1.807) is 27.7 Å². The lowest BCUT2D eigenvalue weighted by Gasteiger charge is -2.29. The summed E-state index contributed by atoms with van der Waals surface area (Å²) in [6, 6.07) is 1.55. The second-order valence-electron chi connectivity index (χ2n) is 5.55. The van der Waals surface area contributed by atoms with Gasteiger partial charge in [0.1, 0.15) is 17.2 Å². The average Bonchev–Trinajstić information content (AvgIpc) is 2.23. The zero-order chi connectivity index (χ0) is 15.7. The van der Waals surface area contributed by atoms with Gasteiger partial charge in [0.15, 0.2) is 0 Å². The second-order valence-corrected chi connectivity index (χ2v) is 6.47. The molecule has 1 unspecified atom stereocenters. The highest BCUT2D eigenvalue weighted by atomic mass is 79.9. The minimum atomic E-state index is -0.780. The quantitative estimate of drug-likeness (QED) is 0.777. The summed E-state index contributed by atoms with van der Waals surface area (Å²) >= 11 is 3.02. The van der Waals surface area contributed by atoms with Crippen LogP contribution in [-0.4, -0.2) is 23.6 Å². The maximum atomic E-state index is 13.9. The van der Waals surface area contributed by atoms with Crippen LogP contribution in [0.2, 0.25) is 0 Å². The average molecular weight is 350 g/mol. The van der Waals surface area contributed by atoms with Crippen LogP contribution in [0.3, 0.4) is 0 Å². The van der Waals surface area contributed by atoms with E-state index in [4.69, 9.17) is 4.74 Å². The van der Waals surface area contributed by atoms with E-state index < -0.39 is 29.4 Å². The fourth-order valence-corrected chi connectivity index (χ4v) is 2.04. The Morgan fingerprint density at radius 1 is 1.30 bits per heavy atom. The van der Waals surface area contributed by atoms with E-state index in [0.717, 1.165) is 12.1 Å². The molecule has 6 heteroatoms. The van der Waals surface area contributed by atoms with Crippen molar-refractivity contribution in [2.75, 3.05) is 7.05 Å². The highest BCUT2D eigenvalue weighted by molar-refractivity contribution is 9.10. The molecule has 0 bridgehead atoms. The van der Waals surface area contributed by atoms with E-state index in [-0.39, 0.29) is 5.56 Å². The van der Waals surface area contributed by atoms with Crippen molar-refractivity contribution in [2.24, 2.45) is 0 Å². The van der Waals surface area contributed by atoms with Crippen molar-refractivity contribution in [3.8, 4) is 0 Å². The lowest BCUT2D eigenvalue weighted by atomic mass is 10.1. The van der Waals surface area contributed by atoms with Gasteiger partial charge >= 0.3 is 6.09 Å². The summed E-state index contributed by atoms with van der Waals surface area (Å²) in [5, 5.41) is 0. The Morgan fingerprint density at radius 2 is 1.75 bits per heavy atom. The summed E-state index contributed by atoms with van der Waals surface area (Å²) in [7, 11) is 1.44. The minimum absolute atomic E-state index is 0.165. The summed E-state index contributed by atoms with van der Waals surface area (Å²) < 4.78 is 33.2. The number of rotatable bonds is 2. The summed E-state index contributed by atoms with van der Waals surface area (Å²) in [6.07, 6.45) is -0.633. The molecule has 0 saturated heterocycles. The lowest BCUT2D eigenvalue weighted by molar-refractivity contribution is 0.0229. The molecule has 0 aliphatic carbocycles. The fraction of sp³-hybridized carbons (Fsp3) is 0.500. The summed E-state index contributed by atoms with van der Waals surface area (Å²) in [5.41, 5.74) is -0.830. The third-order valence-corrected chi connectivity index (χ3v) is 3.18. The van der Waals surface area contributed by atoms with Crippen LogP contribution in [0.5, 0.6) is 0 Å². The monoisotopic (exact) mass is 349 g/mol. The van der Waals surface area contributed by atoms with Crippen LogP contribution in [0.25, 0.3) is 0 Å². The zero-order valence-electron chi connectivity index (χ0n) is 12.1. The summed E-state index contributed by atoms with van der Waals surface area (Å²) in [6.45, 7) is 6.72. The van der Waals surface area contributed by atoms with Gasteiger partial charge in [-0.15, -0.1) is 0 Å². The SMILES string of the molecule is CC(c1c(F)cc(Br)cc1F)N(C)C(=O)OC(C)(C)C. The molecule has 1 aromatic carbocycles. The molecule has 1 rings (SSSR count). The molecule has 0 N–H and O–H groups in total. The first-order valence-electron chi connectivity index (χ1n) is 6.13. The van der Waals surface area contributed by atoms with E-state index in [2.05, 4.69) is 15.9 Å². The lowest BCUT2D eigenvalue weighted by Crippen LogP contribution is -2.36. The molecule has 20 heavy (non-hydrogen) atoms. The van der Waals surface area contributed by atoms with Gasteiger partial charge in [0, 0.05) is 17.1 Å². The van der Waals surface area contributed by atoms with Crippen molar-refractivity contribution in [1.29, 1.82) is 0 Å².